The summed E-state index contributed by atoms with van der Waals surface area (Å²) >= 11 is 14.2. The zero-order chi connectivity index (χ0) is 43.0. The van der Waals surface area contributed by atoms with Crippen LogP contribution in [0.4, 0.5) is 4.39 Å². The summed E-state index contributed by atoms with van der Waals surface area (Å²) in [7, 11) is 1.61. The third-order valence-electron chi connectivity index (χ3n) is 13.1. The summed E-state index contributed by atoms with van der Waals surface area (Å²) < 4.78 is 32.7. The van der Waals surface area contributed by atoms with Crippen molar-refractivity contribution in [3.63, 3.8) is 0 Å². The highest BCUT2D eigenvalue weighted by Crippen LogP contribution is 2.47. The number of pyridine rings is 3. The summed E-state index contributed by atoms with van der Waals surface area (Å²) in [6, 6.07) is 19.4. The van der Waals surface area contributed by atoms with Gasteiger partial charge in [-0.25, -0.2) is 9.37 Å². The number of ketones is 1. The van der Waals surface area contributed by atoms with Crippen LogP contribution in [-0.2, 0) is 35.7 Å². The summed E-state index contributed by atoms with van der Waals surface area (Å²) in [5, 5.41) is 14.5. The largest absolute Gasteiger partial charge is 0.481 e. The van der Waals surface area contributed by atoms with E-state index in [1.165, 1.54) is 12.3 Å². The molecule has 0 radical (unpaired) electrons. The first-order valence-electron chi connectivity index (χ1n) is 21.3. The number of aliphatic carboxylic acids is 1. The summed E-state index contributed by atoms with van der Waals surface area (Å²) in [6.07, 6.45) is 8.90. The van der Waals surface area contributed by atoms with Crippen molar-refractivity contribution in [3.8, 4) is 40.0 Å². The van der Waals surface area contributed by atoms with E-state index in [0.717, 1.165) is 71.8 Å². The molecule has 2 N–H and O–H groups in total. The molecule has 62 heavy (non-hydrogen) atoms. The highest BCUT2D eigenvalue weighted by Gasteiger charge is 2.49. The molecule has 0 unspecified atom stereocenters. The highest BCUT2D eigenvalue weighted by molar-refractivity contribution is 6.36. The molecular weight excluding hydrogens is 832 g/mol. The number of halogens is 3. The summed E-state index contributed by atoms with van der Waals surface area (Å²) in [6.45, 7) is 2.19. The Kier molecular flexibility index (Phi) is 12.2. The van der Waals surface area contributed by atoms with Gasteiger partial charge in [0.25, 0.3) is 0 Å². The minimum Gasteiger partial charge on any atom is -0.481 e. The molecule has 2 saturated heterocycles. The molecule has 4 fully saturated rings. The zero-order valence-electron chi connectivity index (χ0n) is 34.5. The molecule has 14 heteroatoms. The molecule has 2 aliphatic heterocycles. The predicted molar refractivity (Wildman–Crippen MR) is 233 cm³/mol. The van der Waals surface area contributed by atoms with E-state index in [4.69, 9.17) is 47.4 Å². The lowest BCUT2D eigenvalue weighted by Crippen LogP contribution is -2.56. The van der Waals surface area contributed by atoms with Crippen molar-refractivity contribution < 1.29 is 33.3 Å². The SMILES string of the molecule is COc1nc(-c2cccc(-c3cccc4c3CC[C@@H]4Oc3nc(OCc4cncc(F)c4)c(CN4CC5(C(=O)O)CCC4CC5)cc3Cl)c2Cl)ccc1CNC[C@@H]1CCC(=O)C1. The zero-order valence-corrected chi connectivity index (χ0v) is 36.0. The number of benzene rings is 2. The number of methoxy groups -OCH3 is 1. The molecule has 5 heterocycles. The van der Waals surface area contributed by atoms with Gasteiger partial charge in [0.2, 0.25) is 17.6 Å². The number of ether oxygens (including phenoxy) is 3. The van der Waals surface area contributed by atoms with E-state index in [-0.39, 0.29) is 30.5 Å². The second kappa shape index (κ2) is 17.9. The second-order valence-corrected chi connectivity index (χ2v) is 17.9. The normalized spacial score (nSPS) is 21.9. The summed E-state index contributed by atoms with van der Waals surface area (Å²) in [4.78, 5) is 39.9. The monoisotopic (exact) mass is 879 g/mol. The number of nitrogens with one attached hydrogen (secondary N) is 1. The predicted octanol–water partition coefficient (Wildman–Crippen LogP) is 9.59. The molecule has 3 aromatic heterocycles. The second-order valence-electron chi connectivity index (χ2n) is 17.1. The number of carbonyl (C=O) groups excluding carboxylic acids is 1. The third kappa shape index (κ3) is 8.62. The van der Waals surface area contributed by atoms with Crippen molar-refractivity contribution in [1.82, 2.24) is 25.2 Å². The van der Waals surface area contributed by atoms with Crippen LogP contribution in [0.5, 0.6) is 17.6 Å². The standard InChI is InChI=1S/C48H48Cl2FN5O6/c1-60-44-30(23-52-21-28-8-10-34(57)19-28)9-12-41(54-44)39-7-3-6-38(43(39)50)35-4-2-5-37-36(35)11-13-42(37)62-46-40(49)20-31(45(55-46)61-26-29-18-32(51)24-53-22-29)25-56-27-48(47(58)59)16-14-33(56)15-17-48/h2-7,9,12,18,20,22,24,28,33,42,52H,8,10-11,13-17,19,21,23,25-27H2,1H3,(H,58,59)/t28-,33?,42+,48?/m1/s1. The molecule has 10 rings (SSSR count). The Morgan fingerprint density at radius 2 is 1.74 bits per heavy atom. The third-order valence-corrected chi connectivity index (χ3v) is 13.8. The first-order valence-corrected chi connectivity index (χ1v) is 22.1. The van der Waals surface area contributed by atoms with Crippen LogP contribution in [0, 0.1) is 17.2 Å². The highest BCUT2D eigenvalue weighted by atomic mass is 35.5. The number of rotatable bonds is 15. The number of carbonyl (C=O) groups is 2. The minimum absolute atomic E-state index is 0.0118. The summed E-state index contributed by atoms with van der Waals surface area (Å²) in [5.74, 6) is 0.493. The number of carboxylic acid groups (broad SMARTS) is 1. The van der Waals surface area contributed by atoms with Gasteiger partial charge in [-0.05, 0) is 92.3 Å². The maximum absolute atomic E-state index is 14.1. The van der Waals surface area contributed by atoms with Crippen LogP contribution in [0.2, 0.25) is 10.0 Å². The van der Waals surface area contributed by atoms with Crippen LogP contribution in [0.3, 0.4) is 0 Å². The number of hydrogen-bond acceptors (Lipinski definition) is 10. The Morgan fingerprint density at radius 1 is 0.935 bits per heavy atom. The molecule has 2 aromatic carbocycles. The van der Waals surface area contributed by atoms with Crippen LogP contribution >= 0.6 is 23.2 Å². The quantitative estimate of drug-likeness (QED) is 0.104. The molecule has 2 bridgehead atoms. The Morgan fingerprint density at radius 3 is 2.52 bits per heavy atom. The van der Waals surface area contributed by atoms with Gasteiger partial charge < -0.3 is 24.6 Å². The van der Waals surface area contributed by atoms with Crippen molar-refractivity contribution in [1.29, 1.82) is 0 Å². The maximum Gasteiger partial charge on any atom is 0.310 e. The molecule has 2 atom stereocenters. The van der Waals surface area contributed by atoms with E-state index in [0.29, 0.717) is 96.2 Å². The van der Waals surface area contributed by atoms with Crippen molar-refractivity contribution in [3.05, 3.63) is 117 Å². The van der Waals surface area contributed by atoms with Crippen molar-refractivity contribution in [2.75, 3.05) is 20.2 Å². The molecule has 0 amide bonds. The average Bonchev–Trinajstić information content (AvgIpc) is 3.90. The van der Waals surface area contributed by atoms with Crippen LogP contribution in [0.25, 0.3) is 22.4 Å². The van der Waals surface area contributed by atoms with E-state index < -0.39 is 17.2 Å². The van der Waals surface area contributed by atoms with Gasteiger partial charge >= 0.3 is 5.97 Å². The molecule has 3 aliphatic carbocycles. The Hall–Kier alpha value is -5.14. The molecule has 322 valence electrons. The van der Waals surface area contributed by atoms with Gasteiger partial charge in [-0.15, -0.1) is 0 Å². The number of hydrogen-bond donors (Lipinski definition) is 2. The van der Waals surface area contributed by atoms with Crippen LogP contribution in [0.1, 0.15) is 85.3 Å². The van der Waals surface area contributed by atoms with E-state index in [9.17, 15) is 19.1 Å². The van der Waals surface area contributed by atoms with Crippen molar-refractivity contribution >= 4 is 35.0 Å². The number of fused-ring (bicyclic) bond motifs is 4. The lowest BCUT2D eigenvalue weighted by molar-refractivity contribution is -0.160. The Bertz CT molecular complexity index is 2510. The Labute approximate surface area is 369 Å². The van der Waals surface area contributed by atoms with E-state index in [1.807, 2.05) is 36.4 Å². The van der Waals surface area contributed by atoms with E-state index >= 15 is 0 Å². The number of aromatic nitrogens is 3. The molecule has 2 saturated carbocycles. The smallest absolute Gasteiger partial charge is 0.310 e. The van der Waals surface area contributed by atoms with E-state index in [1.54, 1.807) is 13.2 Å². The minimum atomic E-state index is -0.767. The molecular formula is C48H48Cl2FN5O6. The van der Waals surface area contributed by atoms with E-state index in [2.05, 4.69) is 27.3 Å². The van der Waals surface area contributed by atoms with Crippen LogP contribution < -0.4 is 19.5 Å². The van der Waals surface area contributed by atoms with Gasteiger partial charge in [0.15, 0.2) is 0 Å². The van der Waals surface area contributed by atoms with Crippen LogP contribution in [-0.4, -0.2) is 63.0 Å². The van der Waals surface area contributed by atoms with Gasteiger partial charge in [-0.1, -0.05) is 65.7 Å². The topological polar surface area (TPSA) is 136 Å². The number of carboxylic acids is 1. The lowest BCUT2D eigenvalue weighted by atomic mass is 9.67. The Balaban J connectivity index is 0.955. The first kappa shape index (κ1) is 42.2. The van der Waals surface area contributed by atoms with Crippen molar-refractivity contribution in [2.24, 2.45) is 11.3 Å². The van der Waals surface area contributed by atoms with Crippen molar-refractivity contribution in [2.45, 2.75) is 89.6 Å². The number of nitrogens with zero attached hydrogens (tertiary/aromatic N) is 4. The molecule has 5 aromatic rings. The molecule has 5 aliphatic rings. The fourth-order valence-electron chi connectivity index (χ4n) is 9.85. The van der Waals surface area contributed by atoms with Crippen LogP contribution in [0.15, 0.2) is 73.1 Å². The fraction of sp³-hybridized carbons (Fsp3) is 0.396. The van der Waals surface area contributed by atoms with Gasteiger partial charge in [0.1, 0.15) is 29.3 Å². The fourth-order valence-corrected chi connectivity index (χ4v) is 10.4. The van der Waals surface area contributed by atoms with Gasteiger partial charge in [-0.3, -0.25) is 19.5 Å². The van der Waals surface area contributed by atoms with Gasteiger partial charge in [0, 0.05) is 72.5 Å². The molecule has 0 spiro atoms. The average molecular weight is 881 g/mol. The number of Topliss-reactive ketones (excluding diaryl/α,β-unsaturated/α-hetero) is 1. The molecule has 11 nitrogen and oxygen atoms in total. The maximum atomic E-state index is 14.1. The van der Waals surface area contributed by atoms with Gasteiger partial charge in [0.05, 0.1) is 29.4 Å². The van der Waals surface area contributed by atoms with Gasteiger partial charge in [-0.2, -0.15) is 4.98 Å². The lowest BCUT2D eigenvalue weighted by Gasteiger charge is -2.50. The number of piperidine rings is 2. The first-order chi connectivity index (χ1) is 30.1. The summed E-state index contributed by atoms with van der Waals surface area (Å²) in [5.41, 5.74) is 6.84.